The molecule has 0 spiro atoms. The van der Waals surface area contributed by atoms with E-state index in [-0.39, 0.29) is 24.3 Å². The predicted molar refractivity (Wildman–Crippen MR) is 121 cm³/mol. The molecule has 1 aliphatic rings. The molecule has 3 aromatic rings. The van der Waals surface area contributed by atoms with E-state index in [0.29, 0.717) is 11.3 Å². The molecular weight excluding hydrogens is 430 g/mol. The molecule has 1 N–H and O–H groups in total. The van der Waals surface area contributed by atoms with Crippen molar-refractivity contribution in [1.29, 1.82) is 0 Å². The summed E-state index contributed by atoms with van der Waals surface area (Å²) in [6.07, 6.45) is 3.98. The van der Waals surface area contributed by atoms with Crippen molar-refractivity contribution in [2.45, 2.75) is 44.2 Å². The smallest absolute Gasteiger partial charge is 0.248 e. The standard InChI is InChI=1S/C25H24F2N2O2S/c26-18-9-7-17(8-10-18)24(25(31)28-20-4-1-2-5-20)29(21-13-11-19(27)12-14-21)23(30)16-22-6-3-15-32-22/h3,6-15,20,24H,1-2,4-5,16H2,(H,28,31)/t24-/m1/s1. The molecule has 0 saturated heterocycles. The lowest BCUT2D eigenvalue weighted by molar-refractivity contribution is -0.127. The van der Waals surface area contributed by atoms with E-state index in [1.807, 2.05) is 17.5 Å². The molecule has 7 heteroatoms. The number of nitrogens with one attached hydrogen (secondary N) is 1. The second-order valence-electron chi connectivity index (χ2n) is 7.94. The van der Waals surface area contributed by atoms with E-state index in [4.69, 9.17) is 0 Å². The fraction of sp³-hybridized carbons (Fsp3) is 0.280. The minimum Gasteiger partial charge on any atom is -0.351 e. The zero-order valence-electron chi connectivity index (χ0n) is 17.5. The topological polar surface area (TPSA) is 49.4 Å². The van der Waals surface area contributed by atoms with E-state index in [1.54, 1.807) is 0 Å². The van der Waals surface area contributed by atoms with Gasteiger partial charge in [-0.3, -0.25) is 14.5 Å². The Labute approximate surface area is 189 Å². The van der Waals surface area contributed by atoms with Gasteiger partial charge in [-0.1, -0.05) is 31.0 Å². The number of hydrogen-bond acceptors (Lipinski definition) is 3. The van der Waals surface area contributed by atoms with E-state index in [0.717, 1.165) is 30.6 Å². The number of carbonyl (C=O) groups excluding carboxylic acids is 2. The highest BCUT2D eigenvalue weighted by Crippen LogP contribution is 2.30. The number of nitrogens with zero attached hydrogens (tertiary/aromatic N) is 1. The van der Waals surface area contributed by atoms with Crippen LogP contribution in [-0.4, -0.2) is 17.9 Å². The third kappa shape index (κ3) is 5.22. The Morgan fingerprint density at radius 3 is 2.19 bits per heavy atom. The van der Waals surface area contributed by atoms with Crippen LogP contribution in [0.25, 0.3) is 0 Å². The van der Waals surface area contributed by atoms with Crippen LogP contribution in [0.3, 0.4) is 0 Å². The average molecular weight is 455 g/mol. The molecule has 2 amide bonds. The molecule has 0 unspecified atom stereocenters. The Bertz CT molecular complexity index is 1050. The molecule has 1 aliphatic carbocycles. The van der Waals surface area contributed by atoms with E-state index >= 15 is 0 Å². The van der Waals surface area contributed by atoms with Crippen LogP contribution in [0, 0.1) is 11.6 Å². The maximum Gasteiger partial charge on any atom is 0.248 e. The molecule has 4 nitrogen and oxygen atoms in total. The van der Waals surface area contributed by atoms with Crippen LogP contribution < -0.4 is 10.2 Å². The fourth-order valence-corrected chi connectivity index (χ4v) is 4.80. The molecule has 0 radical (unpaired) electrons. The Balaban J connectivity index is 1.74. The third-order valence-corrected chi connectivity index (χ3v) is 6.55. The van der Waals surface area contributed by atoms with Gasteiger partial charge in [-0.15, -0.1) is 11.3 Å². The van der Waals surface area contributed by atoms with Gasteiger partial charge >= 0.3 is 0 Å². The molecule has 2 aromatic carbocycles. The van der Waals surface area contributed by atoms with E-state index in [9.17, 15) is 18.4 Å². The van der Waals surface area contributed by atoms with Gasteiger partial charge in [0.1, 0.15) is 17.7 Å². The second-order valence-corrected chi connectivity index (χ2v) is 8.97. The number of thiophene rings is 1. The zero-order valence-corrected chi connectivity index (χ0v) is 18.3. The summed E-state index contributed by atoms with van der Waals surface area (Å²) in [7, 11) is 0. The predicted octanol–water partition coefficient (Wildman–Crippen LogP) is 5.40. The molecule has 1 aromatic heterocycles. The molecule has 166 valence electrons. The summed E-state index contributed by atoms with van der Waals surface area (Å²) >= 11 is 1.45. The molecule has 1 heterocycles. The number of hydrogen-bond donors (Lipinski definition) is 1. The Hall–Kier alpha value is -3.06. The minimum absolute atomic E-state index is 0.0490. The van der Waals surface area contributed by atoms with Crippen LogP contribution in [0.4, 0.5) is 14.5 Å². The first-order valence-electron chi connectivity index (χ1n) is 10.7. The van der Waals surface area contributed by atoms with Gasteiger partial charge in [0.15, 0.2) is 0 Å². The Kier molecular flexibility index (Phi) is 6.95. The normalized spacial score (nSPS) is 14.8. The van der Waals surface area contributed by atoms with E-state index < -0.39 is 17.7 Å². The Morgan fingerprint density at radius 2 is 1.59 bits per heavy atom. The van der Waals surface area contributed by atoms with Crippen molar-refractivity contribution in [3.05, 3.63) is 88.1 Å². The lowest BCUT2D eigenvalue weighted by Gasteiger charge is -2.32. The summed E-state index contributed by atoms with van der Waals surface area (Å²) in [5.41, 5.74) is 0.898. The molecule has 0 bridgehead atoms. The van der Waals surface area contributed by atoms with Crippen LogP contribution in [0.5, 0.6) is 0 Å². The number of halogens is 2. The van der Waals surface area contributed by atoms with Crippen molar-refractivity contribution in [2.75, 3.05) is 4.90 Å². The van der Waals surface area contributed by atoms with Crippen LogP contribution >= 0.6 is 11.3 Å². The van der Waals surface area contributed by atoms with Gasteiger partial charge in [0, 0.05) is 16.6 Å². The van der Waals surface area contributed by atoms with Crippen molar-refractivity contribution >= 4 is 28.8 Å². The quantitative estimate of drug-likeness (QED) is 0.520. The highest BCUT2D eigenvalue weighted by atomic mass is 32.1. The number of benzene rings is 2. The fourth-order valence-electron chi connectivity index (χ4n) is 4.10. The number of anilines is 1. The lowest BCUT2D eigenvalue weighted by atomic mass is 10.0. The summed E-state index contributed by atoms with van der Waals surface area (Å²) in [5.74, 6) is -1.49. The minimum atomic E-state index is -1.01. The summed E-state index contributed by atoms with van der Waals surface area (Å²) in [5, 5.41) is 4.95. The van der Waals surface area contributed by atoms with Gasteiger partial charge in [-0.25, -0.2) is 8.78 Å². The zero-order chi connectivity index (χ0) is 22.5. The van der Waals surface area contributed by atoms with Gasteiger partial charge < -0.3 is 5.32 Å². The maximum absolute atomic E-state index is 13.6. The maximum atomic E-state index is 13.6. The molecule has 0 aliphatic heterocycles. The lowest BCUT2D eigenvalue weighted by Crippen LogP contribution is -2.46. The SMILES string of the molecule is O=C(NC1CCCC1)[C@@H](c1ccc(F)cc1)N(C(=O)Cc1cccs1)c1ccc(F)cc1. The largest absolute Gasteiger partial charge is 0.351 e. The van der Waals surface area contributed by atoms with Gasteiger partial charge in [-0.05, 0) is 66.2 Å². The van der Waals surface area contributed by atoms with E-state index in [2.05, 4.69) is 5.32 Å². The summed E-state index contributed by atoms with van der Waals surface area (Å²) in [6, 6.07) is 13.8. The van der Waals surface area contributed by atoms with Crippen molar-refractivity contribution in [1.82, 2.24) is 5.32 Å². The third-order valence-electron chi connectivity index (χ3n) is 5.67. The average Bonchev–Trinajstić information content (AvgIpc) is 3.48. The van der Waals surface area contributed by atoms with E-state index in [1.165, 1.54) is 64.8 Å². The van der Waals surface area contributed by atoms with Crippen molar-refractivity contribution in [3.63, 3.8) is 0 Å². The highest BCUT2D eigenvalue weighted by molar-refractivity contribution is 7.10. The molecule has 4 rings (SSSR count). The first-order chi connectivity index (χ1) is 15.5. The van der Waals surface area contributed by atoms with Crippen LogP contribution in [-0.2, 0) is 16.0 Å². The monoisotopic (exact) mass is 454 g/mol. The van der Waals surface area contributed by atoms with Gasteiger partial charge in [-0.2, -0.15) is 0 Å². The first kappa shape index (κ1) is 22.1. The van der Waals surface area contributed by atoms with Crippen molar-refractivity contribution in [3.8, 4) is 0 Å². The molecule has 32 heavy (non-hydrogen) atoms. The molecular formula is C25H24F2N2O2S. The van der Waals surface area contributed by atoms with Crippen molar-refractivity contribution < 1.29 is 18.4 Å². The van der Waals surface area contributed by atoms with Gasteiger partial charge in [0.25, 0.3) is 0 Å². The van der Waals surface area contributed by atoms with Gasteiger partial charge in [0.2, 0.25) is 11.8 Å². The second kappa shape index (κ2) is 10.0. The molecule has 1 atom stereocenters. The van der Waals surface area contributed by atoms with Crippen molar-refractivity contribution in [2.24, 2.45) is 0 Å². The number of amides is 2. The summed E-state index contributed by atoms with van der Waals surface area (Å²) in [4.78, 5) is 29.3. The van der Waals surface area contributed by atoms with Crippen LogP contribution in [0.1, 0.15) is 42.2 Å². The number of carbonyl (C=O) groups is 2. The highest BCUT2D eigenvalue weighted by Gasteiger charge is 2.34. The van der Waals surface area contributed by atoms with Crippen LogP contribution in [0.15, 0.2) is 66.0 Å². The molecule has 1 fully saturated rings. The molecule has 1 saturated carbocycles. The first-order valence-corrected chi connectivity index (χ1v) is 11.5. The van der Waals surface area contributed by atoms with Gasteiger partial charge in [0.05, 0.1) is 6.42 Å². The Morgan fingerprint density at radius 1 is 0.969 bits per heavy atom. The van der Waals surface area contributed by atoms with Crippen LogP contribution in [0.2, 0.25) is 0 Å². The summed E-state index contributed by atoms with van der Waals surface area (Å²) < 4.78 is 27.3. The number of rotatable bonds is 7. The summed E-state index contributed by atoms with van der Waals surface area (Å²) in [6.45, 7) is 0.